The molecule has 1 aromatic heterocycles. The molecule has 0 aromatic carbocycles. The number of nitrogens with one attached hydrogen (secondary N) is 2. The Morgan fingerprint density at radius 2 is 2.10 bits per heavy atom. The number of aromatic nitrogens is 1. The minimum absolute atomic E-state index is 0.0228. The van der Waals surface area contributed by atoms with Crippen LogP contribution in [0.1, 0.15) is 26.5 Å². The van der Waals surface area contributed by atoms with Crippen LogP contribution in [-0.4, -0.2) is 43.3 Å². The van der Waals surface area contributed by atoms with Gasteiger partial charge in [0.05, 0.1) is 18.5 Å². The van der Waals surface area contributed by atoms with E-state index in [0.29, 0.717) is 25.4 Å². The van der Waals surface area contributed by atoms with E-state index in [2.05, 4.69) is 36.4 Å². The van der Waals surface area contributed by atoms with Crippen LogP contribution in [0, 0.1) is 0 Å². The van der Waals surface area contributed by atoms with Crippen LogP contribution in [0.5, 0.6) is 5.75 Å². The molecule has 0 spiro atoms. The van der Waals surface area contributed by atoms with Crippen molar-refractivity contribution in [3.05, 3.63) is 24.0 Å². The molecule has 0 aliphatic carbocycles. The third-order valence-electron chi connectivity index (χ3n) is 2.60. The molecule has 2 N–H and O–H groups in total. The number of ether oxygens (including phenoxy) is 2. The molecule has 21 heavy (non-hydrogen) atoms. The molecular formula is C15H25N3O3. The molecule has 0 aliphatic heterocycles. The van der Waals surface area contributed by atoms with Crippen LogP contribution >= 0.6 is 0 Å². The lowest BCUT2D eigenvalue weighted by molar-refractivity contribution is -0.123. The van der Waals surface area contributed by atoms with Crippen molar-refractivity contribution in [1.29, 1.82) is 0 Å². The fraction of sp³-hybridized carbons (Fsp3) is 0.600. The van der Waals surface area contributed by atoms with Crippen molar-refractivity contribution in [2.75, 3.05) is 26.9 Å². The predicted molar refractivity (Wildman–Crippen MR) is 81.2 cm³/mol. The lowest BCUT2D eigenvalue weighted by Crippen LogP contribution is -2.35. The second-order valence-electron chi connectivity index (χ2n) is 5.72. The summed E-state index contributed by atoms with van der Waals surface area (Å²) in [7, 11) is 1.59. The van der Waals surface area contributed by atoms with Crippen molar-refractivity contribution < 1.29 is 14.3 Å². The zero-order valence-electron chi connectivity index (χ0n) is 13.2. The van der Waals surface area contributed by atoms with Crippen LogP contribution in [-0.2, 0) is 16.1 Å². The maximum atomic E-state index is 11.4. The highest BCUT2D eigenvalue weighted by Gasteiger charge is 2.09. The minimum atomic E-state index is -0.175. The van der Waals surface area contributed by atoms with Gasteiger partial charge in [0, 0.05) is 25.7 Å². The van der Waals surface area contributed by atoms with Gasteiger partial charge < -0.3 is 20.1 Å². The van der Waals surface area contributed by atoms with Crippen molar-refractivity contribution in [3.8, 4) is 5.75 Å². The van der Waals surface area contributed by atoms with Crippen LogP contribution in [0.3, 0.4) is 0 Å². The van der Waals surface area contributed by atoms with Gasteiger partial charge in [0.15, 0.2) is 6.61 Å². The van der Waals surface area contributed by atoms with Gasteiger partial charge in [0.2, 0.25) is 0 Å². The van der Waals surface area contributed by atoms with Crippen molar-refractivity contribution in [3.63, 3.8) is 0 Å². The molecule has 0 unspecified atom stereocenters. The normalized spacial score (nSPS) is 11.2. The highest BCUT2D eigenvalue weighted by atomic mass is 16.5. The highest BCUT2D eigenvalue weighted by Crippen LogP contribution is 2.10. The molecule has 0 bridgehead atoms. The van der Waals surface area contributed by atoms with E-state index in [4.69, 9.17) is 9.47 Å². The summed E-state index contributed by atoms with van der Waals surface area (Å²) in [5.74, 6) is 0.405. The zero-order chi connectivity index (χ0) is 15.7. The first-order chi connectivity index (χ1) is 9.90. The molecule has 0 atom stereocenters. The summed E-state index contributed by atoms with van der Waals surface area (Å²) in [5.41, 5.74) is 0.985. The first kappa shape index (κ1) is 17.4. The second kappa shape index (κ2) is 8.59. The summed E-state index contributed by atoms with van der Waals surface area (Å²) in [4.78, 5) is 15.7. The fourth-order valence-electron chi connectivity index (χ4n) is 1.45. The maximum absolute atomic E-state index is 11.4. The monoisotopic (exact) mass is 295 g/mol. The van der Waals surface area contributed by atoms with Gasteiger partial charge in [-0.2, -0.15) is 0 Å². The molecule has 0 radical (unpaired) electrons. The van der Waals surface area contributed by atoms with E-state index in [-0.39, 0.29) is 18.1 Å². The number of amides is 1. The van der Waals surface area contributed by atoms with Gasteiger partial charge in [0.25, 0.3) is 5.91 Å². The van der Waals surface area contributed by atoms with E-state index in [0.717, 1.165) is 5.69 Å². The topological polar surface area (TPSA) is 72.5 Å². The maximum Gasteiger partial charge on any atom is 0.258 e. The number of nitrogens with zero attached hydrogens (tertiary/aromatic N) is 1. The largest absolute Gasteiger partial charge is 0.482 e. The highest BCUT2D eigenvalue weighted by molar-refractivity contribution is 5.77. The molecule has 6 nitrogen and oxygen atoms in total. The smallest absolute Gasteiger partial charge is 0.258 e. The van der Waals surface area contributed by atoms with Crippen molar-refractivity contribution in [2.45, 2.75) is 32.9 Å². The number of rotatable bonds is 8. The molecule has 1 aromatic rings. The van der Waals surface area contributed by atoms with Crippen molar-refractivity contribution in [2.24, 2.45) is 0 Å². The van der Waals surface area contributed by atoms with Gasteiger partial charge in [-0.05, 0) is 32.9 Å². The van der Waals surface area contributed by atoms with Crippen LogP contribution in [0.15, 0.2) is 18.3 Å². The van der Waals surface area contributed by atoms with E-state index < -0.39 is 0 Å². The number of methoxy groups -OCH3 is 1. The molecule has 6 heteroatoms. The lowest BCUT2D eigenvalue weighted by atomic mass is 10.1. The molecule has 0 saturated heterocycles. The molecule has 118 valence electrons. The van der Waals surface area contributed by atoms with E-state index in [1.165, 1.54) is 0 Å². The molecule has 1 amide bonds. The Balaban J connectivity index is 2.32. The average molecular weight is 295 g/mol. The Kier molecular flexibility index (Phi) is 7.11. The first-order valence-corrected chi connectivity index (χ1v) is 6.99. The minimum Gasteiger partial charge on any atom is -0.482 e. The summed E-state index contributed by atoms with van der Waals surface area (Å²) in [5, 5.41) is 6.04. The Labute approximate surface area is 126 Å². The average Bonchev–Trinajstić information content (AvgIpc) is 2.43. The molecule has 0 saturated carbocycles. The summed E-state index contributed by atoms with van der Waals surface area (Å²) in [6.07, 6.45) is 1.63. The van der Waals surface area contributed by atoms with Gasteiger partial charge in [-0.25, -0.2) is 0 Å². The van der Waals surface area contributed by atoms with E-state index in [1.54, 1.807) is 13.3 Å². The SMILES string of the molecule is COCCNC(=O)COc1ccc(CNC(C)(C)C)nc1. The van der Waals surface area contributed by atoms with Crippen LogP contribution in [0.4, 0.5) is 0 Å². The summed E-state index contributed by atoms with van der Waals surface area (Å²) in [6, 6.07) is 3.70. The third-order valence-corrected chi connectivity index (χ3v) is 2.60. The van der Waals surface area contributed by atoms with Crippen LogP contribution in [0.25, 0.3) is 0 Å². The molecular weight excluding hydrogens is 270 g/mol. The molecule has 1 rings (SSSR count). The number of carbonyl (C=O) groups is 1. The molecule has 0 aliphatic rings. The predicted octanol–water partition coefficient (Wildman–Crippen LogP) is 1.11. The lowest BCUT2D eigenvalue weighted by Gasteiger charge is -2.20. The quantitative estimate of drug-likeness (QED) is 0.703. The number of carbonyl (C=O) groups excluding carboxylic acids is 1. The van der Waals surface area contributed by atoms with Gasteiger partial charge in [-0.15, -0.1) is 0 Å². The van der Waals surface area contributed by atoms with E-state index in [9.17, 15) is 4.79 Å². The van der Waals surface area contributed by atoms with E-state index in [1.807, 2.05) is 12.1 Å². The third kappa shape index (κ3) is 8.27. The zero-order valence-corrected chi connectivity index (χ0v) is 13.2. The second-order valence-corrected chi connectivity index (χ2v) is 5.72. The Bertz CT molecular complexity index is 427. The van der Waals surface area contributed by atoms with E-state index >= 15 is 0 Å². The van der Waals surface area contributed by atoms with Crippen LogP contribution in [0.2, 0.25) is 0 Å². The number of pyridine rings is 1. The van der Waals surface area contributed by atoms with Crippen LogP contribution < -0.4 is 15.4 Å². The number of hydrogen-bond donors (Lipinski definition) is 2. The Hall–Kier alpha value is -1.66. The first-order valence-electron chi connectivity index (χ1n) is 6.99. The van der Waals surface area contributed by atoms with Gasteiger partial charge >= 0.3 is 0 Å². The van der Waals surface area contributed by atoms with Gasteiger partial charge in [-0.1, -0.05) is 0 Å². The van der Waals surface area contributed by atoms with Gasteiger partial charge in [-0.3, -0.25) is 9.78 Å². The Morgan fingerprint density at radius 3 is 2.67 bits per heavy atom. The number of hydrogen-bond acceptors (Lipinski definition) is 5. The standard InChI is InChI=1S/C15H25N3O3/c1-15(2,3)18-9-12-5-6-13(10-17-12)21-11-14(19)16-7-8-20-4/h5-6,10,18H,7-9,11H2,1-4H3,(H,16,19). The Morgan fingerprint density at radius 1 is 1.33 bits per heavy atom. The fourth-order valence-corrected chi connectivity index (χ4v) is 1.45. The summed E-state index contributed by atoms with van der Waals surface area (Å²) < 4.78 is 10.2. The summed E-state index contributed by atoms with van der Waals surface area (Å²) >= 11 is 0. The van der Waals surface area contributed by atoms with Crippen molar-refractivity contribution >= 4 is 5.91 Å². The van der Waals surface area contributed by atoms with Gasteiger partial charge in [0.1, 0.15) is 5.75 Å². The molecule has 0 fully saturated rings. The summed E-state index contributed by atoms with van der Waals surface area (Å²) in [6.45, 7) is 7.95. The van der Waals surface area contributed by atoms with Crippen molar-refractivity contribution in [1.82, 2.24) is 15.6 Å². The molecule has 1 heterocycles.